The molecule has 1 amide bonds. The van der Waals surface area contributed by atoms with Crippen molar-refractivity contribution < 1.29 is 4.79 Å². The molecule has 0 radical (unpaired) electrons. The van der Waals surface area contributed by atoms with Gasteiger partial charge in [-0.1, -0.05) is 11.8 Å². The fraction of sp³-hybridized carbons (Fsp3) is 0.636. The van der Waals surface area contributed by atoms with E-state index in [9.17, 15) is 4.79 Å². The molecule has 216 valence electrons. The zero-order valence-electron chi connectivity index (χ0n) is 25.2. The predicted octanol–water partition coefficient (Wildman–Crippen LogP) is 4.92. The van der Waals surface area contributed by atoms with Crippen LogP contribution in [0.4, 0.5) is 5.69 Å². The summed E-state index contributed by atoms with van der Waals surface area (Å²) >= 11 is 0. The van der Waals surface area contributed by atoms with E-state index in [1.807, 2.05) is 6.07 Å². The number of amides is 1. The van der Waals surface area contributed by atoms with E-state index in [0.29, 0.717) is 18.0 Å². The van der Waals surface area contributed by atoms with Gasteiger partial charge in [0.15, 0.2) is 0 Å². The number of benzene rings is 1. The number of aromatic amines is 1. The fourth-order valence-corrected chi connectivity index (χ4v) is 6.98. The molecular formula is C33H48N6O. The first-order chi connectivity index (χ1) is 19.3. The Balaban J connectivity index is 1.45. The van der Waals surface area contributed by atoms with Crippen molar-refractivity contribution in [3.8, 4) is 11.8 Å². The summed E-state index contributed by atoms with van der Waals surface area (Å²) in [6.45, 7) is 7.48. The zero-order chi connectivity index (χ0) is 28.2. The molecule has 3 aliphatic rings. The number of fused-ring (bicyclic) bond motifs is 1. The highest BCUT2D eigenvalue weighted by atomic mass is 16.1. The van der Waals surface area contributed by atoms with Gasteiger partial charge in [-0.25, -0.2) is 4.98 Å². The number of rotatable bonds is 6. The van der Waals surface area contributed by atoms with Gasteiger partial charge in [0.2, 0.25) is 0 Å². The van der Waals surface area contributed by atoms with Crippen LogP contribution in [0.15, 0.2) is 18.5 Å². The molecule has 2 heterocycles. The van der Waals surface area contributed by atoms with Gasteiger partial charge in [0, 0.05) is 47.1 Å². The third-order valence-corrected chi connectivity index (χ3v) is 9.56. The summed E-state index contributed by atoms with van der Waals surface area (Å²) in [4.78, 5) is 29.0. The molecule has 2 fully saturated rings. The van der Waals surface area contributed by atoms with Gasteiger partial charge >= 0.3 is 0 Å². The molecule has 0 bridgehead atoms. The van der Waals surface area contributed by atoms with Crippen molar-refractivity contribution in [3.63, 3.8) is 0 Å². The quantitative estimate of drug-likeness (QED) is 0.506. The molecule has 2 aliphatic carbocycles. The molecule has 5 rings (SSSR count). The highest BCUT2D eigenvalue weighted by molar-refractivity contribution is 5.98. The molecule has 1 unspecified atom stereocenters. The molecule has 2 N–H and O–H groups in total. The van der Waals surface area contributed by atoms with Gasteiger partial charge in [-0.05, 0) is 124 Å². The molecular weight excluding hydrogens is 496 g/mol. The van der Waals surface area contributed by atoms with E-state index in [4.69, 9.17) is 0 Å². The number of H-pyrrole nitrogens is 1. The largest absolute Gasteiger partial charge is 0.369 e. The highest BCUT2D eigenvalue weighted by Crippen LogP contribution is 2.34. The Bertz CT molecular complexity index is 1220. The van der Waals surface area contributed by atoms with Gasteiger partial charge in [0.05, 0.1) is 18.1 Å². The second-order valence-electron chi connectivity index (χ2n) is 12.4. The van der Waals surface area contributed by atoms with Gasteiger partial charge in [-0.3, -0.25) is 4.79 Å². The SMILES string of the molecule is CCN(c1cc(C#CC2CCN(C)CC2)cc(C(=O)NC2CCCc3[nH]cnc32)c1C)C1CCC(N(C)C)CC1. The molecule has 1 aliphatic heterocycles. The fourth-order valence-electron chi connectivity index (χ4n) is 6.98. The number of hydrogen-bond acceptors (Lipinski definition) is 5. The van der Waals surface area contributed by atoms with Gasteiger partial charge in [-0.15, -0.1) is 0 Å². The Labute approximate surface area is 241 Å². The van der Waals surface area contributed by atoms with E-state index in [1.54, 1.807) is 6.33 Å². The lowest BCUT2D eigenvalue weighted by Crippen LogP contribution is -2.42. The molecule has 7 heteroatoms. The normalized spacial score (nSPS) is 23.8. The number of nitrogens with zero attached hydrogens (tertiary/aromatic N) is 4. The molecule has 1 aromatic heterocycles. The van der Waals surface area contributed by atoms with Crippen LogP contribution >= 0.6 is 0 Å². The lowest BCUT2D eigenvalue weighted by Gasteiger charge is -2.40. The minimum Gasteiger partial charge on any atom is -0.369 e. The van der Waals surface area contributed by atoms with Crippen LogP contribution in [0, 0.1) is 24.7 Å². The highest BCUT2D eigenvalue weighted by Gasteiger charge is 2.30. The van der Waals surface area contributed by atoms with Crippen molar-refractivity contribution in [2.45, 2.75) is 89.8 Å². The van der Waals surface area contributed by atoms with Gasteiger partial charge in [0.25, 0.3) is 5.91 Å². The van der Waals surface area contributed by atoms with Crippen LogP contribution in [0.25, 0.3) is 0 Å². The van der Waals surface area contributed by atoms with Crippen molar-refractivity contribution in [3.05, 3.63) is 46.5 Å². The van der Waals surface area contributed by atoms with Crippen LogP contribution in [-0.4, -0.2) is 78.5 Å². The minimum absolute atomic E-state index is 0.0186. The second kappa shape index (κ2) is 12.8. The van der Waals surface area contributed by atoms with Crippen LogP contribution in [-0.2, 0) is 6.42 Å². The van der Waals surface area contributed by atoms with E-state index in [1.165, 1.54) is 31.4 Å². The molecule has 1 saturated carbocycles. The number of nitrogens with one attached hydrogen (secondary N) is 2. The molecule has 7 nitrogen and oxygen atoms in total. The Kier molecular flexibility index (Phi) is 9.17. The number of hydrogen-bond donors (Lipinski definition) is 2. The maximum atomic E-state index is 13.9. The van der Waals surface area contributed by atoms with Gasteiger partial charge < -0.3 is 25.0 Å². The van der Waals surface area contributed by atoms with Crippen molar-refractivity contribution in [2.75, 3.05) is 45.7 Å². The average molecular weight is 545 g/mol. The van der Waals surface area contributed by atoms with Crippen LogP contribution in [0.3, 0.4) is 0 Å². The summed E-state index contributed by atoms with van der Waals surface area (Å²) in [7, 11) is 6.58. The van der Waals surface area contributed by atoms with E-state index in [2.05, 4.69) is 82.9 Å². The summed E-state index contributed by atoms with van der Waals surface area (Å²) in [6.07, 6.45) is 11.7. The molecule has 1 aromatic carbocycles. The van der Waals surface area contributed by atoms with Crippen LogP contribution in [0.5, 0.6) is 0 Å². The average Bonchev–Trinajstić information content (AvgIpc) is 3.45. The second-order valence-corrected chi connectivity index (χ2v) is 12.4. The van der Waals surface area contributed by atoms with Gasteiger partial charge in [0.1, 0.15) is 0 Å². The summed E-state index contributed by atoms with van der Waals surface area (Å²) < 4.78 is 0. The van der Waals surface area contributed by atoms with Gasteiger partial charge in [-0.2, -0.15) is 0 Å². The summed E-state index contributed by atoms with van der Waals surface area (Å²) in [5.74, 6) is 7.48. The first-order valence-electron chi connectivity index (χ1n) is 15.4. The van der Waals surface area contributed by atoms with E-state index >= 15 is 0 Å². The first-order valence-corrected chi connectivity index (χ1v) is 15.4. The number of carbonyl (C=O) groups is 1. The van der Waals surface area contributed by atoms with E-state index < -0.39 is 0 Å². The summed E-state index contributed by atoms with van der Waals surface area (Å²) in [5.41, 5.74) is 6.06. The molecule has 1 saturated heterocycles. The number of anilines is 1. The number of carbonyl (C=O) groups excluding carboxylic acids is 1. The maximum Gasteiger partial charge on any atom is 0.252 e. The Morgan fingerprint density at radius 3 is 2.52 bits per heavy atom. The number of aryl methyl sites for hydroxylation is 1. The summed E-state index contributed by atoms with van der Waals surface area (Å²) in [5, 5.41) is 3.34. The zero-order valence-corrected chi connectivity index (χ0v) is 25.2. The lowest BCUT2D eigenvalue weighted by atomic mass is 9.88. The molecule has 2 aromatic rings. The number of piperidine rings is 1. The van der Waals surface area contributed by atoms with E-state index in [-0.39, 0.29) is 11.9 Å². The third-order valence-electron chi connectivity index (χ3n) is 9.56. The number of imidazole rings is 1. The Hall–Kier alpha value is -2.82. The monoisotopic (exact) mass is 544 g/mol. The van der Waals surface area contributed by atoms with Crippen molar-refractivity contribution in [2.24, 2.45) is 5.92 Å². The topological polar surface area (TPSA) is 67.5 Å². The summed E-state index contributed by atoms with van der Waals surface area (Å²) in [6, 6.07) is 5.37. The van der Waals surface area contributed by atoms with Crippen molar-refractivity contribution in [1.29, 1.82) is 0 Å². The smallest absolute Gasteiger partial charge is 0.252 e. The molecule has 0 spiro atoms. The third kappa shape index (κ3) is 6.39. The minimum atomic E-state index is -0.0529. The van der Waals surface area contributed by atoms with Crippen molar-refractivity contribution >= 4 is 11.6 Å². The first kappa shape index (κ1) is 28.7. The van der Waals surface area contributed by atoms with Crippen molar-refractivity contribution in [1.82, 2.24) is 25.1 Å². The number of aromatic nitrogens is 2. The Morgan fingerprint density at radius 2 is 1.82 bits per heavy atom. The Morgan fingerprint density at radius 1 is 1.10 bits per heavy atom. The predicted molar refractivity (Wildman–Crippen MR) is 163 cm³/mol. The molecule has 1 atom stereocenters. The maximum absolute atomic E-state index is 13.9. The molecule has 40 heavy (non-hydrogen) atoms. The van der Waals surface area contributed by atoms with E-state index in [0.717, 1.165) is 79.8 Å². The van der Waals surface area contributed by atoms with Crippen LogP contribution in [0.1, 0.15) is 97.2 Å². The lowest BCUT2D eigenvalue weighted by molar-refractivity contribution is 0.0931. The number of likely N-dealkylation sites (tertiary alicyclic amines) is 1. The van der Waals surface area contributed by atoms with Crippen LogP contribution < -0.4 is 10.2 Å². The van der Waals surface area contributed by atoms with Crippen LogP contribution in [0.2, 0.25) is 0 Å². The standard InChI is InChI=1S/C33H48N6O/c1-6-39(27-14-12-26(13-15-27)37(3)4)31-21-25(11-10-24-16-18-38(5)19-17-24)20-28(23(31)2)33(40)36-30-9-7-8-29-32(30)35-22-34-29/h20-22,24,26-27,30H,6-9,12-19H2,1-5H3,(H,34,35)(H,36,40).